The number of nitrogens with zero attached hydrogens (tertiary/aromatic N) is 3. The lowest BCUT2D eigenvalue weighted by Gasteiger charge is -2.13. The number of amides is 1. The van der Waals surface area contributed by atoms with Crippen LogP contribution in [0.2, 0.25) is 0 Å². The molecule has 1 N–H and O–H groups in total. The highest BCUT2D eigenvalue weighted by molar-refractivity contribution is 7.83. The summed E-state index contributed by atoms with van der Waals surface area (Å²) in [5.41, 5.74) is 4.62. The summed E-state index contributed by atoms with van der Waals surface area (Å²) in [7, 11) is -1.04. The van der Waals surface area contributed by atoms with Crippen LogP contribution < -0.4 is 5.32 Å². The number of hydrogen-bond acceptors (Lipinski definition) is 5. The molecule has 1 atom stereocenters. The maximum atomic E-state index is 12.8. The van der Waals surface area contributed by atoms with Gasteiger partial charge in [-0.15, -0.1) is 0 Å². The number of anilines is 1. The number of carbonyl (C=O) groups is 1. The van der Waals surface area contributed by atoms with Crippen molar-refractivity contribution in [1.29, 1.82) is 0 Å². The topological polar surface area (TPSA) is 107 Å². The molecule has 29 heavy (non-hydrogen) atoms. The number of nitro benzene ring substituents is 1. The molecule has 2 aromatic carbocycles. The molecule has 8 nitrogen and oxygen atoms in total. The van der Waals surface area contributed by atoms with Gasteiger partial charge in [0.1, 0.15) is 5.82 Å². The van der Waals surface area contributed by atoms with Crippen LogP contribution >= 0.6 is 0 Å². The van der Waals surface area contributed by atoms with E-state index in [0.717, 1.165) is 22.4 Å². The van der Waals surface area contributed by atoms with Gasteiger partial charge in [0.25, 0.3) is 11.6 Å². The SMILES string of the molecule is Cc1ccc(-n2nc3c(c2NC(=O)c2ccc([N+](=O)[O-])cc2)C[S@](=O)C3)c(C)c1. The molecule has 0 fully saturated rings. The predicted octanol–water partition coefficient (Wildman–Crippen LogP) is 3.41. The minimum atomic E-state index is -1.04. The smallest absolute Gasteiger partial charge is 0.269 e. The molecule has 4 rings (SSSR count). The van der Waals surface area contributed by atoms with Crippen molar-refractivity contribution in [2.24, 2.45) is 0 Å². The Bertz CT molecular complexity index is 1170. The molecular formula is C20H18N4O4S. The van der Waals surface area contributed by atoms with Gasteiger partial charge >= 0.3 is 0 Å². The van der Waals surface area contributed by atoms with Gasteiger partial charge in [0, 0.05) is 34.1 Å². The van der Waals surface area contributed by atoms with E-state index in [-0.39, 0.29) is 11.3 Å². The van der Waals surface area contributed by atoms with E-state index in [9.17, 15) is 19.1 Å². The molecule has 2 heterocycles. The average Bonchev–Trinajstić information content (AvgIpc) is 3.19. The van der Waals surface area contributed by atoms with E-state index >= 15 is 0 Å². The number of benzene rings is 2. The zero-order valence-corrected chi connectivity index (χ0v) is 16.7. The van der Waals surface area contributed by atoms with Crippen LogP contribution in [0.1, 0.15) is 32.7 Å². The third-order valence-electron chi connectivity index (χ3n) is 4.82. The normalized spacial score (nSPS) is 15.2. The number of aromatic nitrogens is 2. The molecule has 0 unspecified atom stereocenters. The van der Waals surface area contributed by atoms with Crippen LogP contribution in [-0.2, 0) is 22.3 Å². The molecule has 0 aliphatic carbocycles. The van der Waals surface area contributed by atoms with Crippen molar-refractivity contribution in [3.8, 4) is 5.69 Å². The fourth-order valence-corrected chi connectivity index (χ4v) is 4.65. The fraction of sp³-hybridized carbons (Fsp3) is 0.200. The highest BCUT2D eigenvalue weighted by atomic mass is 32.2. The Hall–Kier alpha value is -3.33. The molecule has 3 aromatic rings. The van der Waals surface area contributed by atoms with E-state index in [1.807, 2.05) is 32.0 Å². The van der Waals surface area contributed by atoms with Crippen LogP contribution in [0.25, 0.3) is 5.69 Å². The van der Waals surface area contributed by atoms with E-state index in [2.05, 4.69) is 10.4 Å². The fourth-order valence-electron chi connectivity index (χ4n) is 3.39. The first-order valence-corrected chi connectivity index (χ1v) is 10.4. The lowest BCUT2D eigenvalue weighted by atomic mass is 10.1. The largest absolute Gasteiger partial charge is 0.306 e. The number of hydrogen-bond donors (Lipinski definition) is 1. The van der Waals surface area contributed by atoms with Crippen LogP contribution in [-0.4, -0.2) is 24.8 Å². The molecule has 1 aromatic heterocycles. The van der Waals surface area contributed by atoms with Gasteiger partial charge in [-0.05, 0) is 37.6 Å². The predicted molar refractivity (Wildman–Crippen MR) is 110 cm³/mol. The van der Waals surface area contributed by atoms with E-state index in [0.29, 0.717) is 23.0 Å². The van der Waals surface area contributed by atoms with Gasteiger partial charge < -0.3 is 5.32 Å². The second-order valence-electron chi connectivity index (χ2n) is 6.96. The molecule has 1 aliphatic heterocycles. The summed E-state index contributed by atoms with van der Waals surface area (Å²) in [6.07, 6.45) is 0. The third kappa shape index (κ3) is 3.56. The minimum absolute atomic E-state index is 0.0850. The summed E-state index contributed by atoms with van der Waals surface area (Å²) in [6.45, 7) is 3.97. The molecule has 0 saturated heterocycles. The first kappa shape index (κ1) is 19.0. The monoisotopic (exact) mass is 410 g/mol. The molecule has 0 spiro atoms. The van der Waals surface area contributed by atoms with Gasteiger partial charge in [-0.25, -0.2) is 4.68 Å². The summed E-state index contributed by atoms with van der Waals surface area (Å²) in [4.78, 5) is 23.1. The number of carbonyl (C=O) groups excluding carboxylic acids is 1. The van der Waals surface area contributed by atoms with Crippen LogP contribution in [0.3, 0.4) is 0 Å². The van der Waals surface area contributed by atoms with Gasteiger partial charge in [0.05, 0.1) is 27.8 Å². The van der Waals surface area contributed by atoms with E-state index in [1.165, 1.54) is 24.3 Å². The van der Waals surface area contributed by atoms with Gasteiger partial charge in [-0.1, -0.05) is 17.7 Å². The van der Waals surface area contributed by atoms with Crippen molar-refractivity contribution >= 4 is 28.2 Å². The maximum absolute atomic E-state index is 12.8. The zero-order chi connectivity index (χ0) is 20.7. The Morgan fingerprint density at radius 1 is 1.17 bits per heavy atom. The summed E-state index contributed by atoms with van der Waals surface area (Å²) in [6, 6.07) is 11.3. The molecule has 1 amide bonds. The number of fused-ring (bicyclic) bond motifs is 1. The Balaban J connectivity index is 1.73. The van der Waals surface area contributed by atoms with Gasteiger partial charge in [0.15, 0.2) is 0 Å². The summed E-state index contributed by atoms with van der Waals surface area (Å²) in [5, 5.41) is 18.3. The Kier molecular flexibility index (Phi) is 4.75. The number of nitrogens with one attached hydrogen (secondary N) is 1. The quantitative estimate of drug-likeness (QED) is 0.524. The van der Waals surface area contributed by atoms with Crippen molar-refractivity contribution in [3.63, 3.8) is 0 Å². The summed E-state index contributed by atoms with van der Waals surface area (Å²) >= 11 is 0. The van der Waals surface area contributed by atoms with Crippen molar-refractivity contribution in [3.05, 3.63) is 80.5 Å². The first-order valence-electron chi connectivity index (χ1n) is 8.92. The average molecular weight is 410 g/mol. The number of non-ortho nitro benzene ring substituents is 1. The van der Waals surface area contributed by atoms with Crippen molar-refractivity contribution in [2.45, 2.75) is 25.4 Å². The lowest BCUT2D eigenvalue weighted by molar-refractivity contribution is -0.384. The molecule has 1 aliphatic rings. The van der Waals surface area contributed by atoms with Crippen molar-refractivity contribution in [2.75, 3.05) is 5.32 Å². The second-order valence-corrected chi connectivity index (χ2v) is 8.42. The Morgan fingerprint density at radius 3 is 2.55 bits per heavy atom. The third-order valence-corrected chi connectivity index (χ3v) is 6.03. The van der Waals surface area contributed by atoms with E-state index in [1.54, 1.807) is 4.68 Å². The van der Waals surface area contributed by atoms with Gasteiger partial charge in [-0.2, -0.15) is 5.10 Å². The summed E-state index contributed by atoms with van der Waals surface area (Å²) in [5.74, 6) is 0.761. The Labute approximate surface area is 169 Å². The molecule has 0 saturated carbocycles. The van der Waals surface area contributed by atoms with Crippen LogP contribution in [0.15, 0.2) is 42.5 Å². The highest BCUT2D eigenvalue weighted by Crippen LogP contribution is 2.32. The molecular weight excluding hydrogens is 392 g/mol. The van der Waals surface area contributed by atoms with E-state index in [4.69, 9.17) is 0 Å². The minimum Gasteiger partial charge on any atom is -0.306 e. The second kappa shape index (κ2) is 7.25. The van der Waals surface area contributed by atoms with Crippen LogP contribution in [0, 0.1) is 24.0 Å². The molecule has 0 radical (unpaired) electrons. The van der Waals surface area contributed by atoms with Crippen molar-refractivity contribution < 1.29 is 13.9 Å². The standard InChI is InChI=1S/C20H18N4O4S/c1-12-3-8-18(13(2)9-12)23-19(16-10-29(28)11-17(16)22-23)21-20(25)14-4-6-15(7-5-14)24(26)27/h3-9H,10-11H2,1-2H3,(H,21,25)/t29-/m0/s1. The number of aryl methyl sites for hydroxylation is 2. The number of rotatable bonds is 4. The maximum Gasteiger partial charge on any atom is 0.269 e. The zero-order valence-electron chi connectivity index (χ0n) is 15.8. The van der Waals surface area contributed by atoms with E-state index < -0.39 is 21.6 Å². The lowest BCUT2D eigenvalue weighted by Crippen LogP contribution is -2.17. The van der Waals surface area contributed by atoms with Crippen LogP contribution in [0.4, 0.5) is 11.5 Å². The van der Waals surface area contributed by atoms with Crippen molar-refractivity contribution in [1.82, 2.24) is 9.78 Å². The molecule has 148 valence electrons. The van der Waals surface area contributed by atoms with Gasteiger partial charge in [-0.3, -0.25) is 19.1 Å². The van der Waals surface area contributed by atoms with Gasteiger partial charge in [0.2, 0.25) is 0 Å². The molecule has 0 bridgehead atoms. The molecule has 9 heteroatoms. The number of nitro groups is 1. The highest BCUT2D eigenvalue weighted by Gasteiger charge is 2.29. The summed E-state index contributed by atoms with van der Waals surface area (Å²) < 4.78 is 13.7. The Morgan fingerprint density at radius 2 is 1.90 bits per heavy atom. The van der Waals surface area contributed by atoms with Crippen LogP contribution in [0.5, 0.6) is 0 Å². The first-order chi connectivity index (χ1) is 13.8.